The molecule has 2 aromatic carbocycles. The van der Waals surface area contributed by atoms with E-state index in [1.54, 1.807) is 17.0 Å². The zero-order valence-electron chi connectivity index (χ0n) is 15.0. The van der Waals surface area contributed by atoms with Gasteiger partial charge in [0.15, 0.2) is 0 Å². The zero-order chi connectivity index (χ0) is 19.3. The molecule has 3 rings (SSSR count). The lowest BCUT2D eigenvalue weighted by Crippen LogP contribution is -2.38. The Hall–Kier alpha value is -2.62. The molecule has 27 heavy (non-hydrogen) atoms. The molecule has 2 aromatic rings. The van der Waals surface area contributed by atoms with Crippen LogP contribution in [0.4, 0.5) is 0 Å². The average molecular weight is 382 g/mol. The molecule has 0 aliphatic carbocycles. The van der Waals surface area contributed by atoms with Gasteiger partial charge in [-0.05, 0) is 42.5 Å². The number of nitrogens with zero attached hydrogens (tertiary/aromatic N) is 1. The average Bonchev–Trinajstić information content (AvgIpc) is 2.72. The summed E-state index contributed by atoms with van der Waals surface area (Å²) in [7, 11) is -3.72. The highest BCUT2D eigenvalue weighted by atomic mass is 32.2. The lowest BCUT2D eigenvalue weighted by molar-refractivity contribution is 0.0712. The van der Waals surface area contributed by atoms with Gasteiger partial charge in [0.25, 0.3) is 5.91 Å². The van der Waals surface area contributed by atoms with E-state index >= 15 is 0 Å². The van der Waals surface area contributed by atoms with Crippen molar-refractivity contribution in [1.82, 2.24) is 9.62 Å². The van der Waals surface area contributed by atoms with Gasteiger partial charge >= 0.3 is 0 Å². The van der Waals surface area contributed by atoms with Crippen LogP contribution in [0.2, 0.25) is 0 Å². The van der Waals surface area contributed by atoms with E-state index < -0.39 is 10.0 Å². The fourth-order valence-corrected chi connectivity index (χ4v) is 4.32. The Morgan fingerprint density at radius 3 is 2.48 bits per heavy atom. The lowest BCUT2D eigenvalue weighted by atomic mass is 9.89. The molecule has 1 aliphatic heterocycles. The van der Waals surface area contributed by atoms with Gasteiger partial charge in [-0.1, -0.05) is 42.3 Å². The summed E-state index contributed by atoms with van der Waals surface area (Å²) in [5.74, 6) is 2.55. The number of hydrogen-bond donors (Lipinski definition) is 1. The van der Waals surface area contributed by atoms with Crippen molar-refractivity contribution in [3.63, 3.8) is 0 Å². The van der Waals surface area contributed by atoms with E-state index in [1.807, 2.05) is 18.2 Å². The highest BCUT2D eigenvalue weighted by Gasteiger charge is 2.25. The molecule has 1 aliphatic rings. The minimum Gasteiger partial charge on any atom is -0.339 e. The van der Waals surface area contributed by atoms with Crippen LogP contribution in [-0.4, -0.2) is 38.9 Å². The molecular weight excluding hydrogens is 360 g/mol. The van der Waals surface area contributed by atoms with E-state index in [2.05, 4.69) is 22.8 Å². The largest absolute Gasteiger partial charge is 0.339 e. The second kappa shape index (κ2) is 8.38. The first-order chi connectivity index (χ1) is 13.0. The number of benzene rings is 2. The van der Waals surface area contributed by atoms with Crippen LogP contribution in [0.15, 0.2) is 59.5 Å². The third kappa shape index (κ3) is 4.57. The SMILES string of the molecule is C#CCNS(=O)(=O)c1cccc(C(=O)N2CCC(c3ccccc3)CC2)c1. The van der Waals surface area contributed by atoms with Crippen LogP contribution in [0.25, 0.3) is 0 Å². The molecule has 6 heteroatoms. The minimum atomic E-state index is -3.72. The first-order valence-corrected chi connectivity index (χ1v) is 10.4. The molecule has 0 radical (unpaired) electrons. The summed E-state index contributed by atoms with van der Waals surface area (Å²) in [4.78, 5) is 14.7. The molecule has 0 bridgehead atoms. The van der Waals surface area contributed by atoms with Gasteiger partial charge in [0.1, 0.15) is 0 Å². The molecule has 140 valence electrons. The quantitative estimate of drug-likeness (QED) is 0.809. The Bertz CT molecular complexity index is 941. The Morgan fingerprint density at radius 2 is 1.81 bits per heavy atom. The van der Waals surface area contributed by atoms with Crippen LogP contribution < -0.4 is 4.72 Å². The van der Waals surface area contributed by atoms with Gasteiger partial charge < -0.3 is 4.90 Å². The Kier molecular flexibility index (Phi) is 5.94. The van der Waals surface area contributed by atoms with Gasteiger partial charge in [0.2, 0.25) is 10.0 Å². The number of piperidine rings is 1. The van der Waals surface area contributed by atoms with Crippen LogP contribution in [0.5, 0.6) is 0 Å². The van der Waals surface area contributed by atoms with Gasteiger partial charge in [-0.2, -0.15) is 4.72 Å². The van der Waals surface area contributed by atoms with Crippen molar-refractivity contribution < 1.29 is 13.2 Å². The second-order valence-corrected chi connectivity index (χ2v) is 8.30. The Balaban J connectivity index is 1.69. The normalized spacial score (nSPS) is 15.3. The smallest absolute Gasteiger partial charge is 0.253 e. The highest BCUT2D eigenvalue weighted by molar-refractivity contribution is 7.89. The first kappa shape index (κ1) is 19.2. The maximum absolute atomic E-state index is 12.8. The number of terminal acetylenes is 1. The van der Waals surface area contributed by atoms with Crippen LogP contribution >= 0.6 is 0 Å². The van der Waals surface area contributed by atoms with Crippen molar-refractivity contribution in [3.05, 3.63) is 65.7 Å². The fraction of sp³-hybridized carbons (Fsp3) is 0.286. The third-order valence-corrected chi connectivity index (χ3v) is 6.21. The molecule has 1 saturated heterocycles. The van der Waals surface area contributed by atoms with Crippen molar-refractivity contribution in [2.75, 3.05) is 19.6 Å². The van der Waals surface area contributed by atoms with Gasteiger partial charge in [-0.25, -0.2) is 8.42 Å². The van der Waals surface area contributed by atoms with E-state index in [9.17, 15) is 13.2 Å². The number of amides is 1. The molecule has 1 heterocycles. The molecule has 0 unspecified atom stereocenters. The van der Waals surface area contributed by atoms with Gasteiger partial charge in [0.05, 0.1) is 11.4 Å². The number of hydrogen-bond acceptors (Lipinski definition) is 3. The molecule has 1 N–H and O–H groups in total. The molecule has 5 nitrogen and oxygen atoms in total. The Morgan fingerprint density at radius 1 is 1.11 bits per heavy atom. The molecule has 0 spiro atoms. The predicted molar refractivity (Wildman–Crippen MR) is 105 cm³/mol. The molecule has 0 aromatic heterocycles. The number of likely N-dealkylation sites (tertiary alicyclic amines) is 1. The number of sulfonamides is 1. The topological polar surface area (TPSA) is 66.5 Å². The fourth-order valence-electron chi connectivity index (χ4n) is 3.34. The van der Waals surface area contributed by atoms with Gasteiger partial charge in [-0.15, -0.1) is 6.42 Å². The zero-order valence-corrected chi connectivity index (χ0v) is 15.8. The molecular formula is C21H22N2O3S. The van der Waals surface area contributed by atoms with Gasteiger partial charge in [0, 0.05) is 18.7 Å². The number of rotatable bonds is 5. The van der Waals surface area contributed by atoms with Crippen molar-refractivity contribution in [2.24, 2.45) is 0 Å². The second-order valence-electron chi connectivity index (χ2n) is 6.53. The van der Waals surface area contributed by atoms with Crippen LogP contribution in [0.1, 0.15) is 34.7 Å². The molecule has 1 amide bonds. The predicted octanol–water partition coefficient (Wildman–Crippen LogP) is 2.62. The third-order valence-electron chi connectivity index (χ3n) is 4.81. The maximum atomic E-state index is 12.8. The summed E-state index contributed by atoms with van der Waals surface area (Å²) < 4.78 is 26.7. The molecule has 0 saturated carbocycles. The molecule has 0 atom stereocenters. The number of carbonyl (C=O) groups is 1. The van der Waals surface area contributed by atoms with E-state index in [-0.39, 0.29) is 17.3 Å². The Labute approximate surface area is 160 Å². The van der Waals surface area contributed by atoms with E-state index in [1.165, 1.54) is 17.7 Å². The van der Waals surface area contributed by atoms with Crippen molar-refractivity contribution in [2.45, 2.75) is 23.7 Å². The number of nitrogens with one attached hydrogen (secondary N) is 1. The number of carbonyl (C=O) groups excluding carboxylic acids is 1. The lowest BCUT2D eigenvalue weighted by Gasteiger charge is -2.32. The van der Waals surface area contributed by atoms with Crippen LogP contribution in [-0.2, 0) is 10.0 Å². The maximum Gasteiger partial charge on any atom is 0.253 e. The monoisotopic (exact) mass is 382 g/mol. The van der Waals surface area contributed by atoms with Gasteiger partial charge in [-0.3, -0.25) is 4.79 Å². The van der Waals surface area contributed by atoms with Crippen molar-refractivity contribution in [3.8, 4) is 12.3 Å². The van der Waals surface area contributed by atoms with Crippen LogP contribution in [0, 0.1) is 12.3 Å². The summed E-state index contributed by atoms with van der Waals surface area (Å²) in [6, 6.07) is 16.4. The van der Waals surface area contributed by atoms with E-state index in [0.717, 1.165) is 12.8 Å². The summed E-state index contributed by atoms with van der Waals surface area (Å²) in [5, 5.41) is 0. The van der Waals surface area contributed by atoms with E-state index in [0.29, 0.717) is 24.6 Å². The van der Waals surface area contributed by atoms with Crippen molar-refractivity contribution >= 4 is 15.9 Å². The first-order valence-electron chi connectivity index (χ1n) is 8.88. The van der Waals surface area contributed by atoms with E-state index in [4.69, 9.17) is 6.42 Å². The summed E-state index contributed by atoms with van der Waals surface area (Å²) in [6.45, 7) is 1.23. The highest BCUT2D eigenvalue weighted by Crippen LogP contribution is 2.28. The van der Waals surface area contributed by atoms with Crippen molar-refractivity contribution in [1.29, 1.82) is 0 Å². The molecule has 1 fully saturated rings. The minimum absolute atomic E-state index is 0.0442. The summed E-state index contributed by atoms with van der Waals surface area (Å²) in [5.41, 5.74) is 1.68. The van der Waals surface area contributed by atoms with Crippen LogP contribution in [0.3, 0.4) is 0 Å². The standard InChI is InChI=1S/C21H22N2O3S/c1-2-13-22-27(25,26)20-10-6-9-19(16-20)21(24)23-14-11-18(12-15-23)17-7-4-3-5-8-17/h1,3-10,16,18,22H,11-15H2. The summed E-state index contributed by atoms with van der Waals surface area (Å²) >= 11 is 0. The summed E-state index contributed by atoms with van der Waals surface area (Å²) in [6.07, 6.45) is 6.91.